The predicted octanol–water partition coefficient (Wildman–Crippen LogP) is 2.85. The van der Waals surface area contributed by atoms with Crippen molar-refractivity contribution in [3.63, 3.8) is 0 Å². The molecule has 0 spiro atoms. The van der Waals surface area contributed by atoms with E-state index in [1.165, 1.54) is 60.9 Å². The van der Waals surface area contributed by atoms with E-state index >= 15 is 0 Å². The van der Waals surface area contributed by atoms with Gasteiger partial charge in [-0.05, 0) is 52.6 Å². The summed E-state index contributed by atoms with van der Waals surface area (Å²) in [6.45, 7) is 7.93. The molecule has 1 aromatic heterocycles. The molecule has 106 valence electrons. The molecule has 3 rings (SSSR count). The van der Waals surface area contributed by atoms with Gasteiger partial charge in [0, 0.05) is 29.3 Å². The molecule has 3 nitrogen and oxygen atoms in total. The Morgan fingerprint density at radius 1 is 1.32 bits per heavy atom. The number of rotatable bonds is 5. The number of nitrogens with zero attached hydrogens (tertiary/aromatic N) is 2. The maximum Gasteiger partial charge on any atom is 0.0944 e. The first kappa shape index (κ1) is 13.5. The second-order valence-electron chi connectivity index (χ2n) is 6.62. The van der Waals surface area contributed by atoms with Gasteiger partial charge in [0.15, 0.2) is 0 Å². The molecule has 1 saturated carbocycles. The lowest BCUT2D eigenvalue weighted by atomic mass is 10.0. The standard InChI is InChI=1S/C15H25N3S/c1-15(2,16)14-13(11-5-6-11)17-12(19-14)7-10-18-8-3-4-9-18/h11H,3-10,16H2,1-2H3. The zero-order chi connectivity index (χ0) is 13.5. The Labute approximate surface area is 120 Å². The Kier molecular flexibility index (Phi) is 3.67. The van der Waals surface area contributed by atoms with Gasteiger partial charge in [-0.25, -0.2) is 4.98 Å². The van der Waals surface area contributed by atoms with Crippen LogP contribution in [0.2, 0.25) is 0 Å². The van der Waals surface area contributed by atoms with Crippen LogP contribution in [-0.2, 0) is 12.0 Å². The Hall–Kier alpha value is -0.450. The van der Waals surface area contributed by atoms with Gasteiger partial charge in [-0.3, -0.25) is 0 Å². The molecule has 0 radical (unpaired) electrons. The van der Waals surface area contributed by atoms with Crippen molar-refractivity contribution < 1.29 is 0 Å². The van der Waals surface area contributed by atoms with Crippen molar-refractivity contribution in [3.05, 3.63) is 15.6 Å². The van der Waals surface area contributed by atoms with Crippen LogP contribution in [0, 0.1) is 0 Å². The molecular formula is C15H25N3S. The third-order valence-electron chi connectivity index (χ3n) is 4.09. The minimum absolute atomic E-state index is 0.235. The molecule has 2 fully saturated rings. The van der Waals surface area contributed by atoms with Gasteiger partial charge in [0.1, 0.15) is 0 Å². The molecule has 19 heavy (non-hydrogen) atoms. The van der Waals surface area contributed by atoms with E-state index in [0.717, 1.165) is 6.42 Å². The minimum atomic E-state index is -0.235. The topological polar surface area (TPSA) is 42.1 Å². The highest BCUT2D eigenvalue weighted by atomic mass is 32.1. The highest BCUT2D eigenvalue weighted by molar-refractivity contribution is 7.11. The summed E-state index contributed by atoms with van der Waals surface area (Å²) in [6.07, 6.45) is 6.44. The van der Waals surface area contributed by atoms with Gasteiger partial charge in [-0.2, -0.15) is 0 Å². The van der Waals surface area contributed by atoms with Crippen LogP contribution in [0.5, 0.6) is 0 Å². The fourth-order valence-electron chi connectivity index (χ4n) is 2.84. The van der Waals surface area contributed by atoms with Crippen LogP contribution in [0.3, 0.4) is 0 Å². The summed E-state index contributed by atoms with van der Waals surface area (Å²) in [6, 6.07) is 0. The van der Waals surface area contributed by atoms with Crippen LogP contribution >= 0.6 is 11.3 Å². The Bertz CT molecular complexity index is 437. The smallest absolute Gasteiger partial charge is 0.0944 e. The average molecular weight is 279 g/mol. The van der Waals surface area contributed by atoms with E-state index in [1.807, 2.05) is 11.3 Å². The molecule has 2 heterocycles. The maximum atomic E-state index is 6.31. The number of hydrogen-bond acceptors (Lipinski definition) is 4. The lowest BCUT2D eigenvalue weighted by molar-refractivity contribution is 0.343. The second kappa shape index (κ2) is 5.15. The van der Waals surface area contributed by atoms with Crippen molar-refractivity contribution in [1.29, 1.82) is 0 Å². The summed E-state index contributed by atoms with van der Waals surface area (Å²) in [4.78, 5) is 8.80. The van der Waals surface area contributed by atoms with Gasteiger partial charge in [-0.15, -0.1) is 11.3 Å². The van der Waals surface area contributed by atoms with Crippen LogP contribution in [0.4, 0.5) is 0 Å². The van der Waals surface area contributed by atoms with Gasteiger partial charge in [-0.1, -0.05) is 0 Å². The number of hydrogen-bond donors (Lipinski definition) is 1. The van der Waals surface area contributed by atoms with Gasteiger partial charge in [0.2, 0.25) is 0 Å². The van der Waals surface area contributed by atoms with Crippen molar-refractivity contribution in [2.75, 3.05) is 19.6 Å². The highest BCUT2D eigenvalue weighted by Gasteiger charge is 2.33. The first-order valence-corrected chi connectivity index (χ1v) is 8.37. The van der Waals surface area contributed by atoms with E-state index in [9.17, 15) is 0 Å². The van der Waals surface area contributed by atoms with E-state index in [-0.39, 0.29) is 5.54 Å². The molecule has 0 bridgehead atoms. The zero-order valence-electron chi connectivity index (χ0n) is 12.1. The van der Waals surface area contributed by atoms with Crippen LogP contribution in [0.1, 0.15) is 61.0 Å². The van der Waals surface area contributed by atoms with Crippen molar-refractivity contribution in [3.8, 4) is 0 Å². The van der Waals surface area contributed by atoms with Crippen LogP contribution in [-0.4, -0.2) is 29.5 Å². The van der Waals surface area contributed by atoms with Gasteiger partial charge in [0.05, 0.1) is 10.7 Å². The quantitative estimate of drug-likeness (QED) is 0.901. The molecule has 1 aliphatic carbocycles. The molecule has 0 amide bonds. The number of nitrogens with two attached hydrogens (primary N) is 1. The van der Waals surface area contributed by atoms with E-state index in [0.29, 0.717) is 5.92 Å². The lowest BCUT2D eigenvalue weighted by Gasteiger charge is -2.17. The minimum Gasteiger partial charge on any atom is -0.321 e. The Balaban J connectivity index is 1.71. The molecule has 1 aromatic rings. The van der Waals surface area contributed by atoms with Crippen LogP contribution in [0.15, 0.2) is 0 Å². The largest absolute Gasteiger partial charge is 0.321 e. The van der Waals surface area contributed by atoms with Gasteiger partial charge in [0.25, 0.3) is 0 Å². The Morgan fingerprint density at radius 2 is 2.00 bits per heavy atom. The molecule has 0 aromatic carbocycles. The molecule has 1 aliphatic heterocycles. The second-order valence-corrected chi connectivity index (χ2v) is 7.70. The number of thiazole rings is 1. The summed E-state index contributed by atoms with van der Waals surface area (Å²) in [5, 5.41) is 1.29. The van der Waals surface area contributed by atoms with Crippen LogP contribution < -0.4 is 5.73 Å². The molecule has 2 N–H and O–H groups in total. The molecule has 4 heteroatoms. The van der Waals surface area contributed by atoms with Crippen molar-refractivity contribution in [2.24, 2.45) is 5.73 Å². The maximum absolute atomic E-state index is 6.31. The first-order chi connectivity index (χ1) is 9.04. The Morgan fingerprint density at radius 3 is 2.58 bits per heavy atom. The van der Waals surface area contributed by atoms with Crippen molar-refractivity contribution in [2.45, 2.75) is 57.4 Å². The monoisotopic (exact) mass is 279 g/mol. The number of likely N-dealkylation sites (tertiary alicyclic amines) is 1. The predicted molar refractivity (Wildman–Crippen MR) is 80.7 cm³/mol. The summed E-state index contributed by atoms with van der Waals surface area (Å²) in [5.74, 6) is 0.703. The van der Waals surface area contributed by atoms with Gasteiger partial charge >= 0.3 is 0 Å². The van der Waals surface area contributed by atoms with Crippen molar-refractivity contribution >= 4 is 11.3 Å². The average Bonchev–Trinajstić information content (AvgIpc) is 2.90. The fraction of sp³-hybridized carbons (Fsp3) is 0.800. The van der Waals surface area contributed by atoms with E-state index in [2.05, 4.69) is 18.7 Å². The third kappa shape index (κ3) is 3.18. The summed E-state index contributed by atoms with van der Waals surface area (Å²) in [7, 11) is 0. The van der Waals surface area contributed by atoms with Crippen LogP contribution in [0.25, 0.3) is 0 Å². The zero-order valence-corrected chi connectivity index (χ0v) is 12.9. The lowest BCUT2D eigenvalue weighted by Crippen LogP contribution is -2.28. The molecular weight excluding hydrogens is 254 g/mol. The molecule has 1 saturated heterocycles. The third-order valence-corrected chi connectivity index (χ3v) is 5.56. The normalized spacial score (nSPS) is 21.2. The van der Waals surface area contributed by atoms with E-state index in [1.54, 1.807) is 0 Å². The SMILES string of the molecule is CC(C)(N)c1sc(CCN2CCCC2)nc1C1CC1. The van der Waals surface area contributed by atoms with E-state index < -0.39 is 0 Å². The summed E-state index contributed by atoms with van der Waals surface area (Å²) in [5.41, 5.74) is 7.39. The fourth-order valence-corrected chi connectivity index (χ4v) is 3.99. The molecule has 0 unspecified atom stereocenters. The first-order valence-electron chi connectivity index (χ1n) is 7.55. The van der Waals surface area contributed by atoms with E-state index in [4.69, 9.17) is 10.7 Å². The summed E-state index contributed by atoms with van der Waals surface area (Å²) >= 11 is 1.86. The number of aromatic nitrogens is 1. The highest BCUT2D eigenvalue weighted by Crippen LogP contribution is 2.45. The van der Waals surface area contributed by atoms with Gasteiger partial charge < -0.3 is 10.6 Å². The summed E-state index contributed by atoms with van der Waals surface area (Å²) < 4.78 is 0. The molecule has 2 aliphatic rings. The molecule has 0 atom stereocenters. The van der Waals surface area contributed by atoms with Crippen molar-refractivity contribution in [1.82, 2.24) is 9.88 Å².